The fourth-order valence-corrected chi connectivity index (χ4v) is 2.65. The number of ether oxygens (including phenoxy) is 2. The quantitative estimate of drug-likeness (QED) is 0.704. The maximum atomic E-state index is 10.9. The van der Waals surface area contributed by atoms with E-state index < -0.39 is 10.9 Å². The van der Waals surface area contributed by atoms with Gasteiger partial charge in [-0.1, -0.05) is 36.0 Å². The molecule has 21 heavy (non-hydrogen) atoms. The molecule has 0 unspecified atom stereocenters. The van der Waals surface area contributed by atoms with Gasteiger partial charge < -0.3 is 9.47 Å². The first-order valence-corrected chi connectivity index (χ1v) is 7.24. The summed E-state index contributed by atoms with van der Waals surface area (Å²) in [6.07, 6.45) is 0. The number of halogens is 2. The van der Waals surface area contributed by atoms with Crippen molar-refractivity contribution in [1.82, 2.24) is 0 Å². The Labute approximate surface area is 134 Å². The summed E-state index contributed by atoms with van der Waals surface area (Å²) in [5.74, 6) is 0.629. The summed E-state index contributed by atoms with van der Waals surface area (Å²) < 4.78 is 9.82. The lowest BCUT2D eigenvalue weighted by Gasteiger charge is -2.10. The molecule has 4 nitrogen and oxygen atoms in total. The molecular formula is C14H8Cl2O4S. The van der Waals surface area contributed by atoms with E-state index in [9.17, 15) is 9.59 Å². The third kappa shape index (κ3) is 4.67. The molecule has 0 atom stereocenters. The minimum absolute atomic E-state index is 0.314. The number of carbonyl (C=O) groups excluding carboxylic acids is 2. The highest BCUT2D eigenvalue weighted by atomic mass is 35.5. The normalized spacial score (nSPS) is 10.0. The number of benzene rings is 2. The molecule has 7 heteroatoms. The molecule has 0 saturated heterocycles. The number of rotatable bonds is 4. The van der Waals surface area contributed by atoms with E-state index in [0.717, 1.165) is 0 Å². The van der Waals surface area contributed by atoms with Gasteiger partial charge in [0, 0.05) is 23.2 Å². The Bertz CT molecular complexity index is 618. The van der Waals surface area contributed by atoms with Gasteiger partial charge in [0.2, 0.25) is 0 Å². The van der Waals surface area contributed by atoms with Crippen LogP contribution in [-0.4, -0.2) is 10.9 Å². The first-order valence-electron chi connectivity index (χ1n) is 5.67. The smallest absolute Gasteiger partial charge is 0.409 e. The Hall–Kier alpha value is -1.69. The predicted octanol–water partition coefficient (Wildman–Crippen LogP) is 5.31. The van der Waals surface area contributed by atoms with Gasteiger partial charge in [-0.25, -0.2) is 9.59 Å². The van der Waals surface area contributed by atoms with Crippen molar-refractivity contribution in [1.29, 1.82) is 0 Å². The Morgan fingerprint density at radius 2 is 1.14 bits per heavy atom. The maximum absolute atomic E-state index is 10.9. The summed E-state index contributed by atoms with van der Waals surface area (Å²) in [7, 11) is 0. The summed E-state index contributed by atoms with van der Waals surface area (Å²) in [6, 6.07) is 13.7. The Morgan fingerprint density at radius 3 is 1.52 bits per heavy atom. The largest absolute Gasteiger partial charge is 0.413 e. The topological polar surface area (TPSA) is 52.6 Å². The fourth-order valence-electron chi connectivity index (χ4n) is 1.53. The second kappa shape index (κ2) is 7.36. The predicted molar refractivity (Wildman–Crippen MR) is 80.8 cm³/mol. The molecule has 0 N–H and O–H groups in total. The van der Waals surface area contributed by atoms with Crippen molar-refractivity contribution in [3.8, 4) is 11.5 Å². The van der Waals surface area contributed by atoms with Gasteiger partial charge in [0.1, 0.15) is 11.5 Å². The van der Waals surface area contributed by atoms with Gasteiger partial charge in [-0.05, 0) is 24.3 Å². The first kappa shape index (κ1) is 15.7. The lowest BCUT2D eigenvalue weighted by Crippen LogP contribution is -1.98. The molecule has 0 radical (unpaired) electrons. The minimum atomic E-state index is -0.927. The van der Waals surface area contributed by atoms with E-state index in [1.54, 1.807) is 48.5 Å². The lowest BCUT2D eigenvalue weighted by molar-refractivity contribution is 0.224. The van der Waals surface area contributed by atoms with Gasteiger partial charge in [-0.15, -0.1) is 0 Å². The molecule has 0 aliphatic carbocycles. The Balaban J connectivity index is 2.30. The molecule has 0 bridgehead atoms. The number of hydrogen-bond donors (Lipinski definition) is 0. The van der Waals surface area contributed by atoms with Crippen LogP contribution in [0.2, 0.25) is 0 Å². The highest BCUT2D eigenvalue weighted by Crippen LogP contribution is 2.39. The number of hydrogen-bond acceptors (Lipinski definition) is 5. The van der Waals surface area contributed by atoms with Gasteiger partial charge in [-0.3, -0.25) is 0 Å². The first-order chi connectivity index (χ1) is 10.1. The maximum Gasteiger partial charge on any atom is 0.409 e. The monoisotopic (exact) mass is 342 g/mol. The molecule has 108 valence electrons. The number of para-hydroxylation sites is 2. The third-order valence-corrected chi connectivity index (χ3v) is 3.57. The zero-order chi connectivity index (χ0) is 15.2. The van der Waals surface area contributed by atoms with Crippen LogP contribution in [0, 0.1) is 0 Å². The summed E-state index contributed by atoms with van der Waals surface area (Å²) in [5.41, 5.74) is -1.85. The Morgan fingerprint density at radius 1 is 0.762 bits per heavy atom. The minimum Gasteiger partial charge on any atom is -0.413 e. The molecule has 2 aromatic rings. The molecule has 0 saturated carbocycles. The van der Waals surface area contributed by atoms with Crippen molar-refractivity contribution in [3.05, 3.63) is 48.5 Å². The summed E-state index contributed by atoms with van der Waals surface area (Å²) in [4.78, 5) is 23.0. The van der Waals surface area contributed by atoms with Crippen molar-refractivity contribution < 1.29 is 19.1 Å². The standard InChI is InChI=1S/C14H8Cl2O4S/c15-13(17)19-9-5-1-3-7-11(9)21-12-8-4-2-6-10(12)20-14(16)18/h1-8H. The molecule has 0 amide bonds. The SMILES string of the molecule is O=C(Cl)Oc1ccccc1Sc1ccccc1OC(=O)Cl. The van der Waals surface area contributed by atoms with Gasteiger partial charge in [0.15, 0.2) is 0 Å². The molecule has 0 aromatic heterocycles. The van der Waals surface area contributed by atoms with E-state index in [1.165, 1.54) is 11.8 Å². The van der Waals surface area contributed by atoms with Crippen LogP contribution in [0.5, 0.6) is 11.5 Å². The van der Waals surface area contributed by atoms with Crippen LogP contribution in [-0.2, 0) is 0 Å². The van der Waals surface area contributed by atoms with Crippen molar-refractivity contribution in [3.63, 3.8) is 0 Å². The molecule has 2 aromatic carbocycles. The molecule has 0 spiro atoms. The van der Waals surface area contributed by atoms with Crippen LogP contribution >= 0.6 is 35.0 Å². The molecular weight excluding hydrogens is 335 g/mol. The van der Waals surface area contributed by atoms with Crippen LogP contribution in [0.15, 0.2) is 58.3 Å². The van der Waals surface area contributed by atoms with Crippen molar-refractivity contribution >= 4 is 45.8 Å². The zero-order valence-corrected chi connectivity index (χ0v) is 12.7. The zero-order valence-electron chi connectivity index (χ0n) is 10.4. The summed E-state index contributed by atoms with van der Waals surface area (Å²) in [6.45, 7) is 0. The van der Waals surface area contributed by atoms with E-state index >= 15 is 0 Å². The fraction of sp³-hybridized carbons (Fsp3) is 0. The van der Waals surface area contributed by atoms with Crippen LogP contribution in [0.3, 0.4) is 0 Å². The van der Waals surface area contributed by atoms with E-state index in [1.807, 2.05) is 0 Å². The van der Waals surface area contributed by atoms with E-state index in [-0.39, 0.29) is 0 Å². The molecule has 0 heterocycles. The van der Waals surface area contributed by atoms with Gasteiger partial charge >= 0.3 is 10.9 Å². The van der Waals surface area contributed by atoms with Gasteiger partial charge in [-0.2, -0.15) is 0 Å². The van der Waals surface area contributed by atoms with E-state index in [4.69, 9.17) is 32.7 Å². The average molecular weight is 343 g/mol. The summed E-state index contributed by atoms with van der Waals surface area (Å²) >= 11 is 11.7. The molecule has 2 rings (SSSR count). The third-order valence-electron chi connectivity index (χ3n) is 2.30. The van der Waals surface area contributed by atoms with Crippen molar-refractivity contribution in [2.75, 3.05) is 0 Å². The highest BCUT2D eigenvalue weighted by Gasteiger charge is 2.12. The highest BCUT2D eigenvalue weighted by molar-refractivity contribution is 7.99. The van der Waals surface area contributed by atoms with Gasteiger partial charge in [0.05, 0.1) is 9.79 Å². The second-order valence-corrected chi connectivity index (χ2v) is 5.38. The average Bonchev–Trinajstić information content (AvgIpc) is 2.42. The summed E-state index contributed by atoms with van der Waals surface area (Å²) in [5, 5.41) is 0. The molecule has 0 aliphatic heterocycles. The van der Waals surface area contributed by atoms with Crippen LogP contribution < -0.4 is 9.47 Å². The second-order valence-electron chi connectivity index (χ2n) is 3.67. The molecule has 0 fully saturated rings. The van der Waals surface area contributed by atoms with Gasteiger partial charge in [0.25, 0.3) is 0 Å². The number of carbonyl (C=O) groups is 2. The van der Waals surface area contributed by atoms with Crippen LogP contribution in [0.1, 0.15) is 0 Å². The van der Waals surface area contributed by atoms with Crippen LogP contribution in [0.25, 0.3) is 0 Å². The van der Waals surface area contributed by atoms with Crippen LogP contribution in [0.4, 0.5) is 9.59 Å². The van der Waals surface area contributed by atoms with Crippen molar-refractivity contribution in [2.45, 2.75) is 9.79 Å². The Kier molecular flexibility index (Phi) is 5.50. The molecule has 0 aliphatic rings. The van der Waals surface area contributed by atoms with Crippen molar-refractivity contribution in [2.24, 2.45) is 0 Å². The van der Waals surface area contributed by atoms with E-state index in [0.29, 0.717) is 21.3 Å². The van der Waals surface area contributed by atoms with E-state index in [2.05, 4.69) is 0 Å². The lowest BCUT2D eigenvalue weighted by atomic mass is 10.3.